The van der Waals surface area contributed by atoms with Gasteiger partial charge in [0.2, 0.25) is 0 Å². The molecule has 0 aliphatic rings. The third kappa shape index (κ3) is 74.5. The lowest BCUT2D eigenvalue weighted by Crippen LogP contribution is -2.30. The highest BCUT2D eigenvalue weighted by Crippen LogP contribution is 2.45. The summed E-state index contributed by atoms with van der Waals surface area (Å²) in [6.07, 6.45) is 78.3. The van der Waals surface area contributed by atoms with E-state index in [1.54, 1.807) is 0 Å². The molecule has 0 rings (SSSR count). The zero-order chi connectivity index (χ0) is 74.6. The van der Waals surface area contributed by atoms with E-state index in [0.717, 1.165) is 180 Å². The number of allylic oxidation sites excluding steroid dienone is 14. The van der Waals surface area contributed by atoms with Gasteiger partial charge in [-0.15, -0.1) is 0 Å². The number of rotatable bonds is 77. The molecule has 0 saturated carbocycles. The van der Waals surface area contributed by atoms with Gasteiger partial charge in [0.05, 0.1) is 26.4 Å². The highest BCUT2D eigenvalue weighted by molar-refractivity contribution is 7.47. The third-order valence-electron chi connectivity index (χ3n) is 17.4. The fraction of sp³-hybridized carbons (Fsp3) is 0.783. The van der Waals surface area contributed by atoms with Crippen LogP contribution in [0.15, 0.2) is 85.1 Å². The van der Waals surface area contributed by atoms with Crippen LogP contribution in [-0.2, 0) is 65.4 Å². The third-order valence-corrected chi connectivity index (χ3v) is 19.3. The van der Waals surface area contributed by atoms with E-state index in [1.165, 1.54) is 103 Å². The van der Waals surface area contributed by atoms with E-state index in [-0.39, 0.29) is 25.7 Å². The number of hydrogen-bond donors (Lipinski definition) is 3. The summed E-state index contributed by atoms with van der Waals surface area (Å²) in [5, 5.41) is 10.6. The molecule has 102 heavy (non-hydrogen) atoms. The van der Waals surface area contributed by atoms with Gasteiger partial charge in [0.25, 0.3) is 0 Å². The Hall–Kier alpha value is -3.76. The van der Waals surface area contributed by atoms with Crippen molar-refractivity contribution in [3.05, 3.63) is 85.1 Å². The minimum absolute atomic E-state index is 0.0832. The van der Waals surface area contributed by atoms with Gasteiger partial charge >= 0.3 is 39.5 Å². The fourth-order valence-electron chi connectivity index (χ4n) is 11.2. The van der Waals surface area contributed by atoms with E-state index in [2.05, 4.69) is 113 Å². The molecule has 0 aromatic heterocycles. The molecule has 0 spiro atoms. The monoisotopic (exact) mass is 1480 g/mol. The van der Waals surface area contributed by atoms with Gasteiger partial charge in [-0.05, 0) is 116 Å². The van der Waals surface area contributed by atoms with Gasteiger partial charge < -0.3 is 33.8 Å². The lowest BCUT2D eigenvalue weighted by Gasteiger charge is -2.21. The number of carbonyl (C=O) groups is 4. The standard InChI is InChI=1S/C83H148O17P2/c1-5-9-13-17-21-25-29-33-37-38-42-44-48-52-56-60-64-68-81(86)94-74-79(100-83(88)70-66-62-58-54-50-46-41-36-32-28-24-20-16-12-8-4)76-98-102(91,92)96-72-77(84)71-95-101(89,90)97-75-78(99-82(87)69-65-61-57-53-49-45-40-35-31-27-23-19-15-11-7-3)73-93-80(85)67-63-59-55-51-47-43-39-34-30-26-22-18-14-10-6-2/h9-10,13-14,21-22,25-26,33-35,37,39-40,77-79,84H,5-8,11-12,15-20,23-24,27-32,36,38,41-76H2,1-4H3,(H,89,90)(H,91,92)/b13-9-,14-10-,25-21-,26-22-,37-33-,39-34-,40-35-. The molecule has 0 heterocycles. The van der Waals surface area contributed by atoms with Gasteiger partial charge in [-0.25, -0.2) is 9.13 Å². The molecule has 0 aliphatic carbocycles. The smallest absolute Gasteiger partial charge is 0.462 e. The highest BCUT2D eigenvalue weighted by atomic mass is 31.2. The number of esters is 4. The van der Waals surface area contributed by atoms with Crippen molar-refractivity contribution in [1.29, 1.82) is 0 Å². The van der Waals surface area contributed by atoms with Gasteiger partial charge in [-0.3, -0.25) is 37.3 Å². The fourth-order valence-corrected chi connectivity index (χ4v) is 12.8. The first-order valence-corrected chi connectivity index (χ1v) is 43.8. The van der Waals surface area contributed by atoms with Crippen LogP contribution in [-0.4, -0.2) is 96.7 Å². The maximum atomic E-state index is 13.1. The minimum Gasteiger partial charge on any atom is -0.462 e. The molecule has 5 unspecified atom stereocenters. The SMILES string of the molecule is CC/C=C\C/C=C\C/C=C\CCCCCCCCCC(=O)OCC(COP(=O)(O)OCC(O)COP(=O)(O)OCC(COC(=O)CCCCCCC/C=C\C/C=C\C/C=C\CC)OC(=O)CCCCCCC/C=C\CCCCCCCC)OC(=O)CCCCCCCCCCCCCCCCC. The van der Waals surface area contributed by atoms with Gasteiger partial charge in [0.1, 0.15) is 19.3 Å². The number of carbonyl (C=O) groups excluding carboxylic acids is 4. The van der Waals surface area contributed by atoms with Crippen LogP contribution < -0.4 is 0 Å². The maximum Gasteiger partial charge on any atom is 0.472 e. The summed E-state index contributed by atoms with van der Waals surface area (Å²) in [4.78, 5) is 73.1. The second-order valence-corrected chi connectivity index (χ2v) is 30.2. The summed E-state index contributed by atoms with van der Waals surface area (Å²) in [5.41, 5.74) is 0. The number of phosphoric acid groups is 2. The molecule has 592 valence electrons. The molecule has 0 aliphatic heterocycles. The second-order valence-electron chi connectivity index (χ2n) is 27.3. The van der Waals surface area contributed by atoms with Crippen molar-refractivity contribution in [1.82, 2.24) is 0 Å². The zero-order valence-corrected chi connectivity index (χ0v) is 66.6. The van der Waals surface area contributed by atoms with Gasteiger partial charge in [0, 0.05) is 25.7 Å². The molecule has 3 N–H and O–H groups in total. The van der Waals surface area contributed by atoms with Crippen LogP contribution in [0.3, 0.4) is 0 Å². The van der Waals surface area contributed by atoms with E-state index < -0.39 is 97.5 Å². The molecule has 0 bridgehead atoms. The summed E-state index contributed by atoms with van der Waals surface area (Å²) in [6.45, 7) is 4.68. The number of hydrogen-bond acceptors (Lipinski definition) is 15. The van der Waals surface area contributed by atoms with Gasteiger partial charge in [0.15, 0.2) is 12.2 Å². The Morgan fingerprint density at radius 1 is 0.284 bits per heavy atom. The number of aliphatic hydroxyl groups is 1. The van der Waals surface area contributed by atoms with Crippen LogP contribution in [0.5, 0.6) is 0 Å². The largest absolute Gasteiger partial charge is 0.472 e. The first-order valence-electron chi connectivity index (χ1n) is 40.8. The summed E-state index contributed by atoms with van der Waals surface area (Å²) >= 11 is 0. The summed E-state index contributed by atoms with van der Waals surface area (Å²) in [7, 11) is -9.96. The van der Waals surface area contributed by atoms with Crippen LogP contribution in [0.2, 0.25) is 0 Å². The van der Waals surface area contributed by atoms with Crippen molar-refractivity contribution in [2.75, 3.05) is 39.6 Å². The summed E-state index contributed by atoms with van der Waals surface area (Å²) in [5.74, 6) is -2.18. The topological polar surface area (TPSA) is 237 Å². The Balaban J connectivity index is 5.35. The summed E-state index contributed by atoms with van der Waals surface area (Å²) < 4.78 is 68.7. The number of aliphatic hydroxyl groups excluding tert-OH is 1. The first-order chi connectivity index (χ1) is 49.7. The number of phosphoric ester groups is 2. The van der Waals surface area contributed by atoms with E-state index >= 15 is 0 Å². The van der Waals surface area contributed by atoms with Crippen molar-refractivity contribution in [3.8, 4) is 0 Å². The molecule has 0 fully saturated rings. The van der Waals surface area contributed by atoms with E-state index in [1.807, 2.05) is 0 Å². The molecule has 19 heteroatoms. The van der Waals surface area contributed by atoms with Gasteiger partial charge in [-0.1, -0.05) is 305 Å². The Kier molecular flexibility index (Phi) is 72.7. The Morgan fingerprint density at radius 2 is 0.510 bits per heavy atom. The molecule has 0 aromatic rings. The zero-order valence-electron chi connectivity index (χ0n) is 64.8. The molecule has 0 radical (unpaired) electrons. The first kappa shape index (κ1) is 98.2. The second kappa shape index (κ2) is 75.5. The van der Waals surface area contributed by atoms with Crippen molar-refractivity contribution in [3.63, 3.8) is 0 Å². The van der Waals surface area contributed by atoms with Crippen molar-refractivity contribution in [2.45, 2.75) is 380 Å². The lowest BCUT2D eigenvalue weighted by atomic mass is 10.0. The number of unbranched alkanes of at least 4 members (excludes halogenated alkanes) is 37. The normalized spacial score (nSPS) is 14.3. The minimum atomic E-state index is -4.98. The van der Waals surface area contributed by atoms with Crippen LogP contribution in [0.4, 0.5) is 0 Å². The molecule has 5 atom stereocenters. The van der Waals surface area contributed by atoms with Crippen molar-refractivity contribution in [2.24, 2.45) is 0 Å². The van der Waals surface area contributed by atoms with Crippen LogP contribution >= 0.6 is 15.6 Å². The van der Waals surface area contributed by atoms with Crippen LogP contribution in [0.25, 0.3) is 0 Å². The Labute approximate surface area is 621 Å². The Bertz CT molecular complexity index is 2260. The van der Waals surface area contributed by atoms with E-state index in [9.17, 15) is 43.2 Å². The average molecular weight is 1480 g/mol. The van der Waals surface area contributed by atoms with E-state index in [4.69, 9.17) is 37.0 Å². The quantitative estimate of drug-likeness (QED) is 0.0169. The Morgan fingerprint density at radius 3 is 0.794 bits per heavy atom. The average Bonchev–Trinajstić information content (AvgIpc) is 0.923. The molecule has 0 amide bonds. The van der Waals surface area contributed by atoms with E-state index in [0.29, 0.717) is 25.7 Å². The van der Waals surface area contributed by atoms with Crippen molar-refractivity contribution < 1.29 is 80.2 Å². The molecule has 0 aromatic carbocycles. The summed E-state index contributed by atoms with van der Waals surface area (Å²) in [6, 6.07) is 0. The predicted molar refractivity (Wildman–Crippen MR) is 418 cm³/mol. The molecule has 0 saturated heterocycles. The molecule has 17 nitrogen and oxygen atoms in total. The van der Waals surface area contributed by atoms with Crippen LogP contribution in [0.1, 0.15) is 362 Å². The maximum absolute atomic E-state index is 13.1. The van der Waals surface area contributed by atoms with Gasteiger partial charge in [-0.2, -0.15) is 0 Å². The highest BCUT2D eigenvalue weighted by Gasteiger charge is 2.30. The lowest BCUT2D eigenvalue weighted by molar-refractivity contribution is -0.161. The predicted octanol–water partition coefficient (Wildman–Crippen LogP) is 23.8. The van der Waals surface area contributed by atoms with Crippen molar-refractivity contribution >= 4 is 39.5 Å². The molecular weight excluding hydrogens is 1330 g/mol. The molecular formula is C83H148O17P2. The number of ether oxygens (including phenoxy) is 4. The van der Waals surface area contributed by atoms with Crippen LogP contribution in [0, 0.1) is 0 Å².